The third kappa shape index (κ3) is 4.03. The SMILES string of the molecule is COc1cc(C(=O)Nc2ccc3c(C(C)C)cc(=O)[nH]c3c2)cc(OC)c1OC. The standard InChI is InChI=1S/C22H24N2O5/c1-12(2)16-11-20(25)24-17-10-14(6-7-15(16)17)23-22(26)13-8-18(27-3)21(29-5)19(9-13)28-4/h6-12H,1-5H3,(H,23,26)(H,24,25). The summed E-state index contributed by atoms with van der Waals surface area (Å²) in [6.45, 7) is 4.07. The Hall–Kier alpha value is -3.48. The highest BCUT2D eigenvalue weighted by Crippen LogP contribution is 2.38. The molecule has 29 heavy (non-hydrogen) atoms. The summed E-state index contributed by atoms with van der Waals surface area (Å²) in [5.41, 5.74) is 2.38. The van der Waals surface area contributed by atoms with E-state index in [-0.39, 0.29) is 17.4 Å². The van der Waals surface area contributed by atoms with Gasteiger partial charge in [0.15, 0.2) is 11.5 Å². The van der Waals surface area contributed by atoms with Crippen LogP contribution in [-0.2, 0) is 0 Å². The van der Waals surface area contributed by atoms with Gasteiger partial charge in [-0.1, -0.05) is 19.9 Å². The van der Waals surface area contributed by atoms with Crippen LogP contribution in [0, 0.1) is 0 Å². The molecule has 0 bridgehead atoms. The van der Waals surface area contributed by atoms with E-state index in [9.17, 15) is 9.59 Å². The van der Waals surface area contributed by atoms with Gasteiger partial charge in [0.2, 0.25) is 11.3 Å². The molecule has 1 heterocycles. The number of rotatable bonds is 6. The molecular weight excluding hydrogens is 372 g/mol. The van der Waals surface area contributed by atoms with Crippen molar-refractivity contribution in [2.45, 2.75) is 19.8 Å². The maximum Gasteiger partial charge on any atom is 0.255 e. The van der Waals surface area contributed by atoms with Crippen molar-refractivity contribution in [3.8, 4) is 17.2 Å². The summed E-state index contributed by atoms with van der Waals surface area (Å²) >= 11 is 0. The van der Waals surface area contributed by atoms with Crippen LogP contribution in [0.2, 0.25) is 0 Å². The van der Waals surface area contributed by atoms with Crippen molar-refractivity contribution in [3.63, 3.8) is 0 Å². The van der Waals surface area contributed by atoms with E-state index in [0.717, 1.165) is 10.9 Å². The second-order valence-electron chi connectivity index (χ2n) is 6.87. The van der Waals surface area contributed by atoms with Crippen molar-refractivity contribution in [2.75, 3.05) is 26.6 Å². The smallest absolute Gasteiger partial charge is 0.255 e. The number of carbonyl (C=O) groups excluding carboxylic acids is 1. The predicted molar refractivity (Wildman–Crippen MR) is 113 cm³/mol. The molecule has 2 aromatic carbocycles. The fourth-order valence-electron chi connectivity index (χ4n) is 3.26. The number of pyridine rings is 1. The summed E-state index contributed by atoms with van der Waals surface area (Å²) < 4.78 is 15.9. The molecule has 0 aliphatic rings. The number of H-pyrrole nitrogens is 1. The largest absolute Gasteiger partial charge is 0.493 e. The van der Waals surface area contributed by atoms with Gasteiger partial charge in [-0.15, -0.1) is 0 Å². The van der Waals surface area contributed by atoms with Crippen LogP contribution in [0.1, 0.15) is 35.7 Å². The molecule has 7 nitrogen and oxygen atoms in total. The van der Waals surface area contributed by atoms with Crippen LogP contribution in [0.4, 0.5) is 5.69 Å². The lowest BCUT2D eigenvalue weighted by molar-refractivity contribution is 0.102. The maximum atomic E-state index is 12.8. The fraction of sp³-hybridized carbons (Fsp3) is 0.273. The van der Waals surface area contributed by atoms with E-state index in [1.54, 1.807) is 24.3 Å². The predicted octanol–water partition coefficient (Wildman–Crippen LogP) is 3.93. The second kappa shape index (κ2) is 8.26. The number of anilines is 1. The fourth-order valence-corrected chi connectivity index (χ4v) is 3.26. The van der Waals surface area contributed by atoms with Crippen LogP contribution in [0.15, 0.2) is 41.2 Å². The third-order valence-corrected chi connectivity index (χ3v) is 4.68. The third-order valence-electron chi connectivity index (χ3n) is 4.68. The first-order chi connectivity index (χ1) is 13.9. The van der Waals surface area contributed by atoms with E-state index in [2.05, 4.69) is 10.3 Å². The molecule has 0 unspecified atom stereocenters. The van der Waals surface area contributed by atoms with Crippen molar-refractivity contribution >= 4 is 22.5 Å². The first kappa shape index (κ1) is 20.3. The molecule has 0 saturated carbocycles. The average molecular weight is 396 g/mol. The summed E-state index contributed by atoms with van der Waals surface area (Å²) in [5.74, 6) is 1.06. The number of carbonyl (C=O) groups is 1. The van der Waals surface area contributed by atoms with Crippen molar-refractivity contribution in [1.82, 2.24) is 4.98 Å². The first-order valence-electron chi connectivity index (χ1n) is 9.16. The molecule has 3 rings (SSSR count). The minimum absolute atomic E-state index is 0.172. The summed E-state index contributed by atoms with van der Waals surface area (Å²) in [4.78, 5) is 27.6. The molecule has 2 N–H and O–H groups in total. The number of hydrogen-bond acceptors (Lipinski definition) is 5. The molecule has 7 heteroatoms. The van der Waals surface area contributed by atoms with Crippen LogP contribution in [0.25, 0.3) is 10.9 Å². The molecular formula is C22H24N2O5. The average Bonchev–Trinajstić information content (AvgIpc) is 2.71. The van der Waals surface area contributed by atoms with Crippen LogP contribution in [0.3, 0.4) is 0 Å². The molecule has 3 aromatic rings. The van der Waals surface area contributed by atoms with Gasteiger partial charge >= 0.3 is 0 Å². The Labute approximate surface area is 168 Å². The van der Waals surface area contributed by atoms with E-state index in [1.165, 1.54) is 21.3 Å². The minimum Gasteiger partial charge on any atom is -0.493 e. The lowest BCUT2D eigenvalue weighted by Crippen LogP contribution is -2.13. The highest BCUT2D eigenvalue weighted by Gasteiger charge is 2.17. The summed E-state index contributed by atoms with van der Waals surface area (Å²) in [6.07, 6.45) is 0. The van der Waals surface area contributed by atoms with E-state index < -0.39 is 0 Å². The second-order valence-corrected chi connectivity index (χ2v) is 6.87. The number of fused-ring (bicyclic) bond motifs is 1. The Morgan fingerprint density at radius 2 is 1.62 bits per heavy atom. The number of ether oxygens (including phenoxy) is 3. The van der Waals surface area contributed by atoms with Gasteiger partial charge in [0.25, 0.3) is 5.91 Å². The zero-order valence-electron chi connectivity index (χ0n) is 17.1. The number of methoxy groups -OCH3 is 3. The topological polar surface area (TPSA) is 89.7 Å². The highest BCUT2D eigenvalue weighted by molar-refractivity contribution is 6.06. The van der Waals surface area contributed by atoms with Crippen LogP contribution < -0.4 is 25.1 Å². The number of amides is 1. The Morgan fingerprint density at radius 3 is 2.17 bits per heavy atom. The molecule has 0 radical (unpaired) electrons. The zero-order chi connectivity index (χ0) is 21.1. The molecule has 152 valence electrons. The normalized spacial score (nSPS) is 10.8. The minimum atomic E-state index is -0.342. The van der Waals surface area contributed by atoms with Gasteiger partial charge in [-0.2, -0.15) is 0 Å². The number of aromatic amines is 1. The summed E-state index contributed by atoms with van der Waals surface area (Å²) in [5, 5.41) is 3.80. The van der Waals surface area contributed by atoms with E-state index in [0.29, 0.717) is 34.0 Å². The number of hydrogen-bond donors (Lipinski definition) is 2. The molecule has 0 fully saturated rings. The molecule has 0 spiro atoms. The van der Waals surface area contributed by atoms with Gasteiger partial charge in [0.1, 0.15) is 0 Å². The van der Waals surface area contributed by atoms with Crippen molar-refractivity contribution in [1.29, 1.82) is 0 Å². The molecule has 1 amide bonds. The molecule has 0 aliphatic heterocycles. The summed E-state index contributed by atoms with van der Waals surface area (Å²) in [7, 11) is 4.48. The Balaban J connectivity index is 1.97. The number of nitrogens with one attached hydrogen (secondary N) is 2. The molecule has 1 aromatic heterocycles. The van der Waals surface area contributed by atoms with Crippen LogP contribution >= 0.6 is 0 Å². The quantitative estimate of drug-likeness (QED) is 0.659. The number of aromatic nitrogens is 1. The number of benzene rings is 2. The van der Waals surface area contributed by atoms with Gasteiger partial charge in [-0.25, -0.2) is 0 Å². The molecule has 0 saturated heterocycles. The first-order valence-corrected chi connectivity index (χ1v) is 9.16. The highest BCUT2D eigenvalue weighted by atomic mass is 16.5. The van der Waals surface area contributed by atoms with Gasteiger partial charge in [0, 0.05) is 22.7 Å². The van der Waals surface area contributed by atoms with E-state index >= 15 is 0 Å². The van der Waals surface area contributed by atoms with Crippen molar-refractivity contribution < 1.29 is 19.0 Å². The molecule has 0 atom stereocenters. The van der Waals surface area contributed by atoms with Crippen LogP contribution in [-0.4, -0.2) is 32.2 Å². The molecule has 0 aliphatic carbocycles. The monoisotopic (exact) mass is 396 g/mol. The Kier molecular flexibility index (Phi) is 5.77. The lowest BCUT2D eigenvalue weighted by atomic mass is 9.99. The Bertz CT molecular complexity index is 1090. The lowest BCUT2D eigenvalue weighted by Gasteiger charge is -2.14. The van der Waals surface area contributed by atoms with Crippen LogP contribution in [0.5, 0.6) is 17.2 Å². The van der Waals surface area contributed by atoms with Gasteiger partial charge in [0.05, 0.1) is 26.8 Å². The Morgan fingerprint density at radius 1 is 0.966 bits per heavy atom. The van der Waals surface area contributed by atoms with Gasteiger partial charge in [-0.3, -0.25) is 9.59 Å². The zero-order valence-corrected chi connectivity index (χ0v) is 17.1. The summed E-state index contributed by atoms with van der Waals surface area (Å²) in [6, 6.07) is 10.2. The van der Waals surface area contributed by atoms with E-state index in [4.69, 9.17) is 14.2 Å². The van der Waals surface area contributed by atoms with Crippen molar-refractivity contribution in [3.05, 3.63) is 57.9 Å². The van der Waals surface area contributed by atoms with Gasteiger partial charge < -0.3 is 24.5 Å². The maximum absolute atomic E-state index is 12.8. The van der Waals surface area contributed by atoms with Gasteiger partial charge in [-0.05, 0) is 35.7 Å². The van der Waals surface area contributed by atoms with E-state index in [1.807, 2.05) is 26.0 Å². The van der Waals surface area contributed by atoms with Crippen molar-refractivity contribution in [2.24, 2.45) is 0 Å².